The number of rotatable bonds is 4. The standard InChI is InChI=1S/C18H20F2N6/c1-2-25-12-23-16-17(25)21-11-22-18(16)26-7-5-24(6-8-26)10-13-3-4-14(19)9-15(13)20/h3-4,9,11-12H,2,5-8,10H2,1H3. The van der Waals surface area contributed by atoms with Crippen LogP contribution in [-0.2, 0) is 13.1 Å². The van der Waals surface area contributed by atoms with E-state index >= 15 is 0 Å². The molecule has 2 aromatic heterocycles. The van der Waals surface area contributed by atoms with E-state index in [9.17, 15) is 8.78 Å². The molecule has 0 bridgehead atoms. The van der Waals surface area contributed by atoms with E-state index in [0.29, 0.717) is 12.1 Å². The molecule has 1 aliphatic heterocycles. The molecular formula is C18H20F2N6. The number of anilines is 1. The van der Waals surface area contributed by atoms with E-state index in [4.69, 9.17) is 0 Å². The largest absolute Gasteiger partial charge is 0.352 e. The van der Waals surface area contributed by atoms with Gasteiger partial charge in [0.25, 0.3) is 0 Å². The molecule has 136 valence electrons. The molecule has 0 aliphatic carbocycles. The minimum absolute atomic E-state index is 0.476. The average Bonchev–Trinajstić information content (AvgIpc) is 3.08. The number of hydrogen-bond donors (Lipinski definition) is 0. The summed E-state index contributed by atoms with van der Waals surface area (Å²) >= 11 is 0. The topological polar surface area (TPSA) is 50.1 Å². The summed E-state index contributed by atoms with van der Waals surface area (Å²) < 4.78 is 28.9. The Kier molecular flexibility index (Phi) is 4.50. The normalized spacial score (nSPS) is 15.7. The second-order valence-electron chi connectivity index (χ2n) is 6.40. The van der Waals surface area contributed by atoms with E-state index in [-0.39, 0.29) is 0 Å². The van der Waals surface area contributed by atoms with Crippen molar-refractivity contribution in [2.24, 2.45) is 0 Å². The van der Waals surface area contributed by atoms with E-state index in [2.05, 4.69) is 31.7 Å². The van der Waals surface area contributed by atoms with E-state index < -0.39 is 11.6 Å². The molecule has 1 saturated heterocycles. The Morgan fingerprint density at radius 1 is 1.04 bits per heavy atom. The van der Waals surface area contributed by atoms with E-state index in [1.54, 1.807) is 12.7 Å². The molecule has 1 fully saturated rings. The first-order chi connectivity index (χ1) is 12.7. The lowest BCUT2D eigenvalue weighted by atomic mass is 10.1. The minimum Gasteiger partial charge on any atom is -0.352 e. The molecule has 1 aromatic carbocycles. The summed E-state index contributed by atoms with van der Waals surface area (Å²) in [5, 5.41) is 0. The van der Waals surface area contributed by atoms with Crippen LogP contribution in [0.3, 0.4) is 0 Å². The van der Waals surface area contributed by atoms with E-state index in [1.807, 2.05) is 4.57 Å². The molecule has 0 N–H and O–H groups in total. The van der Waals surface area contributed by atoms with Gasteiger partial charge in [0, 0.05) is 50.9 Å². The molecule has 0 spiro atoms. The maximum absolute atomic E-state index is 13.9. The van der Waals surface area contributed by atoms with Crippen molar-refractivity contribution in [3.8, 4) is 0 Å². The van der Waals surface area contributed by atoms with Crippen molar-refractivity contribution in [1.82, 2.24) is 24.4 Å². The summed E-state index contributed by atoms with van der Waals surface area (Å²) in [6.07, 6.45) is 3.36. The quantitative estimate of drug-likeness (QED) is 0.717. The van der Waals surface area contributed by atoms with Crippen molar-refractivity contribution in [3.63, 3.8) is 0 Å². The van der Waals surface area contributed by atoms with Crippen LogP contribution in [0.4, 0.5) is 14.6 Å². The summed E-state index contributed by atoms with van der Waals surface area (Å²) in [5.41, 5.74) is 2.17. The first kappa shape index (κ1) is 16.8. The SMILES string of the molecule is CCn1cnc2c(N3CCN(Cc4ccc(F)cc4F)CC3)ncnc21. The molecule has 0 radical (unpaired) electrons. The predicted octanol–water partition coefficient (Wildman–Crippen LogP) is 2.45. The number of aromatic nitrogens is 4. The Balaban J connectivity index is 1.46. The number of fused-ring (bicyclic) bond motifs is 1. The van der Waals surface area contributed by atoms with Gasteiger partial charge in [-0.15, -0.1) is 0 Å². The van der Waals surface area contributed by atoms with Crippen LogP contribution in [0, 0.1) is 11.6 Å². The maximum Gasteiger partial charge on any atom is 0.165 e. The minimum atomic E-state index is -0.546. The van der Waals surface area contributed by atoms with Gasteiger partial charge in [-0.2, -0.15) is 0 Å². The van der Waals surface area contributed by atoms with Crippen molar-refractivity contribution >= 4 is 17.0 Å². The Morgan fingerprint density at radius 2 is 1.85 bits per heavy atom. The van der Waals surface area contributed by atoms with Gasteiger partial charge in [0.15, 0.2) is 17.0 Å². The Hall–Kier alpha value is -2.61. The third-order valence-electron chi connectivity index (χ3n) is 4.80. The number of benzene rings is 1. The fourth-order valence-corrected chi connectivity index (χ4v) is 3.34. The van der Waals surface area contributed by atoms with Crippen LogP contribution in [0.5, 0.6) is 0 Å². The highest BCUT2D eigenvalue weighted by atomic mass is 19.1. The molecule has 3 aromatic rings. The molecule has 0 unspecified atom stereocenters. The monoisotopic (exact) mass is 358 g/mol. The van der Waals surface area contributed by atoms with Crippen molar-refractivity contribution in [2.75, 3.05) is 31.1 Å². The molecule has 8 heteroatoms. The molecule has 26 heavy (non-hydrogen) atoms. The number of nitrogens with zero attached hydrogens (tertiary/aromatic N) is 6. The molecule has 3 heterocycles. The Morgan fingerprint density at radius 3 is 2.58 bits per heavy atom. The highest BCUT2D eigenvalue weighted by Crippen LogP contribution is 2.23. The predicted molar refractivity (Wildman–Crippen MR) is 94.8 cm³/mol. The second kappa shape index (κ2) is 6.95. The molecule has 0 atom stereocenters. The molecule has 4 rings (SSSR count). The average molecular weight is 358 g/mol. The van der Waals surface area contributed by atoms with Crippen LogP contribution < -0.4 is 4.90 Å². The highest BCUT2D eigenvalue weighted by molar-refractivity contribution is 5.83. The third-order valence-corrected chi connectivity index (χ3v) is 4.80. The zero-order chi connectivity index (χ0) is 18.1. The zero-order valence-corrected chi connectivity index (χ0v) is 14.6. The van der Waals surface area contributed by atoms with Crippen LogP contribution in [0.1, 0.15) is 12.5 Å². The van der Waals surface area contributed by atoms with Gasteiger partial charge in [0.2, 0.25) is 0 Å². The van der Waals surface area contributed by atoms with Crippen molar-refractivity contribution < 1.29 is 8.78 Å². The van der Waals surface area contributed by atoms with Gasteiger partial charge < -0.3 is 9.47 Å². The fraction of sp³-hybridized carbons (Fsp3) is 0.389. The smallest absolute Gasteiger partial charge is 0.165 e. The summed E-state index contributed by atoms with van der Waals surface area (Å²) in [5.74, 6) is -0.194. The molecule has 6 nitrogen and oxygen atoms in total. The number of halogens is 2. The van der Waals surface area contributed by atoms with Crippen LogP contribution in [0.25, 0.3) is 11.2 Å². The van der Waals surface area contributed by atoms with Gasteiger partial charge >= 0.3 is 0 Å². The van der Waals surface area contributed by atoms with Crippen LogP contribution in [-0.4, -0.2) is 50.6 Å². The summed E-state index contributed by atoms with van der Waals surface area (Å²) in [6, 6.07) is 3.76. The van der Waals surface area contributed by atoms with Gasteiger partial charge in [0.1, 0.15) is 18.0 Å². The first-order valence-corrected chi connectivity index (χ1v) is 8.72. The highest BCUT2D eigenvalue weighted by Gasteiger charge is 2.22. The van der Waals surface area contributed by atoms with E-state index in [0.717, 1.165) is 55.8 Å². The van der Waals surface area contributed by atoms with Gasteiger partial charge in [-0.3, -0.25) is 4.90 Å². The van der Waals surface area contributed by atoms with Gasteiger partial charge in [-0.25, -0.2) is 23.7 Å². The zero-order valence-electron chi connectivity index (χ0n) is 14.6. The summed E-state index contributed by atoms with van der Waals surface area (Å²) in [4.78, 5) is 17.6. The molecule has 0 saturated carbocycles. The summed E-state index contributed by atoms with van der Waals surface area (Å²) in [6.45, 7) is 6.43. The van der Waals surface area contributed by atoms with Crippen molar-refractivity contribution in [3.05, 3.63) is 48.1 Å². The molecule has 0 amide bonds. The lowest BCUT2D eigenvalue weighted by Crippen LogP contribution is -2.46. The van der Waals surface area contributed by atoms with Crippen LogP contribution >= 0.6 is 0 Å². The van der Waals surface area contributed by atoms with Gasteiger partial charge in [-0.1, -0.05) is 6.07 Å². The van der Waals surface area contributed by atoms with Crippen LogP contribution in [0.2, 0.25) is 0 Å². The van der Waals surface area contributed by atoms with Crippen molar-refractivity contribution in [2.45, 2.75) is 20.0 Å². The maximum atomic E-state index is 13.9. The molecule has 1 aliphatic rings. The Labute approximate surface area is 150 Å². The number of hydrogen-bond acceptors (Lipinski definition) is 5. The molecular weight excluding hydrogens is 338 g/mol. The lowest BCUT2D eigenvalue weighted by molar-refractivity contribution is 0.246. The number of imidazole rings is 1. The second-order valence-corrected chi connectivity index (χ2v) is 6.40. The fourth-order valence-electron chi connectivity index (χ4n) is 3.34. The van der Waals surface area contributed by atoms with Gasteiger partial charge in [-0.05, 0) is 13.0 Å². The van der Waals surface area contributed by atoms with Crippen molar-refractivity contribution in [1.29, 1.82) is 0 Å². The number of aryl methyl sites for hydroxylation is 1. The van der Waals surface area contributed by atoms with Crippen LogP contribution in [0.15, 0.2) is 30.9 Å². The Bertz CT molecular complexity index is 917. The van der Waals surface area contributed by atoms with Gasteiger partial charge in [0.05, 0.1) is 6.33 Å². The van der Waals surface area contributed by atoms with E-state index in [1.165, 1.54) is 12.1 Å². The summed E-state index contributed by atoms with van der Waals surface area (Å²) in [7, 11) is 0. The number of piperazine rings is 1. The third kappa shape index (κ3) is 3.12. The first-order valence-electron chi connectivity index (χ1n) is 8.72. The lowest BCUT2D eigenvalue weighted by Gasteiger charge is -2.35.